The van der Waals surface area contributed by atoms with Crippen molar-refractivity contribution in [2.45, 2.75) is 39.3 Å². The maximum atomic E-state index is 13.1. The fourth-order valence-corrected chi connectivity index (χ4v) is 3.81. The number of nitrogens with zero attached hydrogens (tertiary/aromatic N) is 3. The molecule has 1 atom stereocenters. The Morgan fingerprint density at radius 2 is 1.85 bits per heavy atom. The zero-order chi connectivity index (χ0) is 19.2. The Bertz CT molecular complexity index is 791. The standard InChI is InChI=1S/C22H27N3O2/c1-3-24(15-18-10-12-23-13-11-18)19-7-6-14-25(16-19)22(27)21-9-5-4-8-20(21)17(2)26/h4-5,8-13,19H,3,6-7,14-16H2,1-2H3. The van der Waals surface area contributed by atoms with E-state index in [2.05, 4.69) is 16.8 Å². The fraction of sp³-hybridized carbons (Fsp3) is 0.409. The van der Waals surface area contributed by atoms with Crippen LogP contribution >= 0.6 is 0 Å². The van der Waals surface area contributed by atoms with Gasteiger partial charge in [-0.1, -0.05) is 25.1 Å². The number of carbonyl (C=O) groups is 2. The lowest BCUT2D eigenvalue weighted by atomic mass is 9.99. The van der Waals surface area contributed by atoms with E-state index in [0.29, 0.717) is 23.7 Å². The predicted octanol–water partition coefficient (Wildman–Crippen LogP) is 3.41. The number of aromatic nitrogens is 1. The minimum atomic E-state index is -0.0691. The van der Waals surface area contributed by atoms with Crippen molar-refractivity contribution in [3.05, 3.63) is 65.5 Å². The van der Waals surface area contributed by atoms with Crippen LogP contribution in [0.2, 0.25) is 0 Å². The predicted molar refractivity (Wildman–Crippen MR) is 106 cm³/mol. The van der Waals surface area contributed by atoms with Crippen LogP contribution in [0, 0.1) is 0 Å². The molecule has 0 N–H and O–H groups in total. The van der Waals surface area contributed by atoms with Gasteiger partial charge in [-0.25, -0.2) is 0 Å². The monoisotopic (exact) mass is 365 g/mol. The van der Waals surface area contributed by atoms with Crippen molar-refractivity contribution in [1.82, 2.24) is 14.8 Å². The average molecular weight is 365 g/mol. The summed E-state index contributed by atoms with van der Waals surface area (Å²) < 4.78 is 0. The van der Waals surface area contributed by atoms with Crippen LogP contribution in [-0.4, -0.2) is 52.2 Å². The van der Waals surface area contributed by atoms with Crippen LogP contribution < -0.4 is 0 Å². The minimum Gasteiger partial charge on any atom is -0.337 e. The highest BCUT2D eigenvalue weighted by molar-refractivity contribution is 6.07. The number of carbonyl (C=O) groups excluding carboxylic acids is 2. The van der Waals surface area contributed by atoms with Crippen LogP contribution in [0.3, 0.4) is 0 Å². The first kappa shape index (κ1) is 19.2. The summed E-state index contributed by atoms with van der Waals surface area (Å²) in [6.45, 7) is 6.90. The number of Topliss-reactive ketones (excluding diaryl/α,β-unsaturated/α-hetero) is 1. The van der Waals surface area contributed by atoms with Gasteiger partial charge in [0.05, 0.1) is 5.56 Å². The highest BCUT2D eigenvalue weighted by atomic mass is 16.2. The number of likely N-dealkylation sites (N-methyl/N-ethyl adjacent to an activating group) is 1. The molecule has 2 heterocycles. The molecule has 1 fully saturated rings. The molecule has 142 valence electrons. The summed E-state index contributed by atoms with van der Waals surface area (Å²) in [6, 6.07) is 11.5. The molecule has 5 nitrogen and oxygen atoms in total. The SMILES string of the molecule is CCN(Cc1ccncc1)C1CCCN(C(=O)c2ccccc2C(C)=O)C1. The molecule has 1 aliphatic heterocycles. The second-order valence-corrected chi connectivity index (χ2v) is 7.07. The molecule has 1 aliphatic rings. The zero-order valence-corrected chi connectivity index (χ0v) is 16.1. The van der Waals surface area contributed by atoms with E-state index < -0.39 is 0 Å². The summed E-state index contributed by atoms with van der Waals surface area (Å²) in [5.74, 6) is -0.106. The molecule has 5 heteroatoms. The van der Waals surface area contributed by atoms with Crippen molar-refractivity contribution >= 4 is 11.7 Å². The number of piperidine rings is 1. The Hall–Kier alpha value is -2.53. The van der Waals surface area contributed by atoms with E-state index in [1.807, 2.05) is 35.5 Å². The molecule has 1 aromatic carbocycles. The maximum absolute atomic E-state index is 13.1. The Balaban J connectivity index is 1.73. The molecular formula is C22H27N3O2. The first-order chi connectivity index (χ1) is 13.1. The molecule has 1 aromatic heterocycles. The van der Waals surface area contributed by atoms with E-state index in [1.54, 1.807) is 18.2 Å². The fourth-order valence-electron chi connectivity index (χ4n) is 3.81. The topological polar surface area (TPSA) is 53.5 Å². The van der Waals surface area contributed by atoms with E-state index in [1.165, 1.54) is 12.5 Å². The van der Waals surface area contributed by atoms with Gasteiger partial charge in [0.15, 0.2) is 5.78 Å². The lowest BCUT2D eigenvalue weighted by Gasteiger charge is -2.39. The summed E-state index contributed by atoms with van der Waals surface area (Å²) >= 11 is 0. The molecule has 2 aromatic rings. The third kappa shape index (κ3) is 4.61. The molecule has 0 spiro atoms. The number of likely N-dealkylation sites (tertiary alicyclic amines) is 1. The average Bonchev–Trinajstić information content (AvgIpc) is 2.72. The van der Waals surface area contributed by atoms with Gasteiger partial charge in [-0.2, -0.15) is 0 Å². The lowest BCUT2D eigenvalue weighted by Crippen LogP contribution is -2.49. The Morgan fingerprint density at radius 3 is 2.52 bits per heavy atom. The first-order valence-corrected chi connectivity index (χ1v) is 9.62. The summed E-state index contributed by atoms with van der Waals surface area (Å²) in [6.07, 6.45) is 5.69. The third-order valence-corrected chi connectivity index (χ3v) is 5.28. The molecule has 1 amide bonds. The molecule has 0 radical (unpaired) electrons. The molecular weight excluding hydrogens is 338 g/mol. The number of hydrogen-bond acceptors (Lipinski definition) is 4. The van der Waals surface area contributed by atoms with Crippen LogP contribution in [0.25, 0.3) is 0 Å². The quantitative estimate of drug-likeness (QED) is 0.736. The van der Waals surface area contributed by atoms with Gasteiger partial charge in [-0.05, 0) is 50.1 Å². The third-order valence-electron chi connectivity index (χ3n) is 5.28. The van der Waals surface area contributed by atoms with Gasteiger partial charge in [-0.15, -0.1) is 0 Å². The Kier molecular flexibility index (Phi) is 6.35. The molecule has 1 saturated heterocycles. The van der Waals surface area contributed by atoms with Gasteiger partial charge in [0, 0.05) is 43.6 Å². The largest absolute Gasteiger partial charge is 0.337 e. The lowest BCUT2D eigenvalue weighted by molar-refractivity contribution is 0.0567. The number of benzene rings is 1. The van der Waals surface area contributed by atoms with Crippen molar-refractivity contribution in [3.8, 4) is 0 Å². The van der Waals surface area contributed by atoms with Crippen molar-refractivity contribution in [2.24, 2.45) is 0 Å². The van der Waals surface area contributed by atoms with E-state index in [9.17, 15) is 9.59 Å². The summed E-state index contributed by atoms with van der Waals surface area (Å²) in [5.41, 5.74) is 2.26. The summed E-state index contributed by atoms with van der Waals surface area (Å²) in [4.78, 5) is 33.4. The molecule has 0 aliphatic carbocycles. The number of pyridine rings is 1. The van der Waals surface area contributed by atoms with Gasteiger partial charge in [-0.3, -0.25) is 19.5 Å². The number of hydrogen-bond donors (Lipinski definition) is 0. The highest BCUT2D eigenvalue weighted by Gasteiger charge is 2.29. The molecule has 0 bridgehead atoms. The zero-order valence-electron chi connectivity index (χ0n) is 16.1. The van der Waals surface area contributed by atoms with E-state index in [-0.39, 0.29) is 11.7 Å². The van der Waals surface area contributed by atoms with Gasteiger partial charge in [0.25, 0.3) is 5.91 Å². The molecule has 1 unspecified atom stereocenters. The normalized spacial score (nSPS) is 17.1. The van der Waals surface area contributed by atoms with Gasteiger partial charge in [0.1, 0.15) is 0 Å². The second kappa shape index (κ2) is 8.91. The summed E-state index contributed by atoms with van der Waals surface area (Å²) in [7, 11) is 0. The second-order valence-electron chi connectivity index (χ2n) is 7.07. The van der Waals surface area contributed by atoms with Gasteiger partial charge in [0.2, 0.25) is 0 Å². The van der Waals surface area contributed by atoms with Gasteiger partial charge >= 0.3 is 0 Å². The molecule has 3 rings (SSSR count). The van der Waals surface area contributed by atoms with E-state index >= 15 is 0 Å². The van der Waals surface area contributed by atoms with E-state index in [0.717, 1.165) is 32.5 Å². The maximum Gasteiger partial charge on any atom is 0.254 e. The number of rotatable bonds is 6. The van der Waals surface area contributed by atoms with Crippen LogP contribution in [0.4, 0.5) is 0 Å². The highest BCUT2D eigenvalue weighted by Crippen LogP contribution is 2.21. The summed E-state index contributed by atoms with van der Waals surface area (Å²) in [5, 5.41) is 0. The van der Waals surface area contributed by atoms with Crippen LogP contribution in [0.5, 0.6) is 0 Å². The Morgan fingerprint density at radius 1 is 1.15 bits per heavy atom. The smallest absolute Gasteiger partial charge is 0.254 e. The van der Waals surface area contributed by atoms with Crippen LogP contribution in [-0.2, 0) is 6.54 Å². The Labute approximate surface area is 161 Å². The number of ketones is 1. The van der Waals surface area contributed by atoms with Crippen LogP contribution in [0.1, 0.15) is 53.0 Å². The number of amides is 1. The van der Waals surface area contributed by atoms with Crippen molar-refractivity contribution in [2.75, 3.05) is 19.6 Å². The van der Waals surface area contributed by atoms with Crippen molar-refractivity contribution in [1.29, 1.82) is 0 Å². The first-order valence-electron chi connectivity index (χ1n) is 9.62. The molecule has 27 heavy (non-hydrogen) atoms. The van der Waals surface area contributed by atoms with E-state index in [4.69, 9.17) is 0 Å². The molecule has 0 saturated carbocycles. The van der Waals surface area contributed by atoms with Gasteiger partial charge < -0.3 is 4.90 Å². The van der Waals surface area contributed by atoms with Crippen LogP contribution in [0.15, 0.2) is 48.8 Å². The van der Waals surface area contributed by atoms with Crippen molar-refractivity contribution in [3.63, 3.8) is 0 Å². The van der Waals surface area contributed by atoms with Crippen molar-refractivity contribution < 1.29 is 9.59 Å². The minimum absolute atomic E-state index is 0.0366.